The second-order valence-electron chi connectivity index (χ2n) is 3.71. The summed E-state index contributed by atoms with van der Waals surface area (Å²) >= 11 is 0. The van der Waals surface area contributed by atoms with Crippen LogP contribution < -0.4 is 5.32 Å². The first-order chi connectivity index (χ1) is 7.20. The summed E-state index contributed by atoms with van der Waals surface area (Å²) in [6.07, 6.45) is 2.02. The van der Waals surface area contributed by atoms with Gasteiger partial charge in [0.15, 0.2) is 0 Å². The minimum absolute atomic E-state index is 0.0847. The molecule has 1 unspecified atom stereocenters. The molecule has 15 heavy (non-hydrogen) atoms. The van der Waals surface area contributed by atoms with Crippen molar-refractivity contribution in [2.75, 3.05) is 26.9 Å². The largest absolute Gasteiger partial charge is 0.380 e. The summed E-state index contributed by atoms with van der Waals surface area (Å²) < 4.78 is 11.4. The zero-order valence-electron chi connectivity index (χ0n) is 10.9. The lowest BCUT2D eigenvalue weighted by Gasteiger charge is -2.39. The number of hydrogen-bond acceptors (Lipinski definition) is 3. The van der Waals surface area contributed by atoms with E-state index in [4.69, 9.17) is 9.47 Å². The highest BCUT2D eigenvalue weighted by Crippen LogP contribution is 2.25. The average molecular weight is 217 g/mol. The Morgan fingerprint density at radius 2 is 1.67 bits per heavy atom. The van der Waals surface area contributed by atoms with Crippen molar-refractivity contribution in [2.45, 2.75) is 52.2 Å². The van der Waals surface area contributed by atoms with E-state index in [0.717, 1.165) is 26.1 Å². The fourth-order valence-corrected chi connectivity index (χ4v) is 2.07. The summed E-state index contributed by atoms with van der Waals surface area (Å²) in [6, 6.07) is 0.271. The third-order valence-electron chi connectivity index (χ3n) is 3.10. The average Bonchev–Trinajstić information content (AvgIpc) is 2.28. The predicted octanol–water partition coefficient (Wildman–Crippen LogP) is 2.21. The van der Waals surface area contributed by atoms with Crippen LogP contribution in [-0.4, -0.2) is 38.5 Å². The van der Waals surface area contributed by atoms with Crippen molar-refractivity contribution >= 4 is 0 Å². The Morgan fingerprint density at radius 1 is 1.07 bits per heavy atom. The van der Waals surface area contributed by atoms with Gasteiger partial charge in [0.25, 0.3) is 0 Å². The Bertz CT molecular complexity index is 147. The molecule has 0 aromatic rings. The quantitative estimate of drug-likeness (QED) is 0.642. The van der Waals surface area contributed by atoms with Gasteiger partial charge >= 0.3 is 0 Å². The van der Waals surface area contributed by atoms with Crippen molar-refractivity contribution in [1.29, 1.82) is 0 Å². The van der Waals surface area contributed by atoms with Gasteiger partial charge in [0.2, 0.25) is 0 Å². The van der Waals surface area contributed by atoms with Crippen LogP contribution in [0.15, 0.2) is 0 Å². The number of ether oxygens (including phenoxy) is 2. The Hall–Kier alpha value is -0.120. The molecule has 0 rings (SSSR count). The van der Waals surface area contributed by atoms with Gasteiger partial charge in [0.1, 0.15) is 0 Å². The summed E-state index contributed by atoms with van der Waals surface area (Å²) in [5, 5.41) is 3.31. The van der Waals surface area contributed by atoms with Gasteiger partial charge in [-0.15, -0.1) is 0 Å². The van der Waals surface area contributed by atoms with Crippen molar-refractivity contribution in [1.82, 2.24) is 5.32 Å². The lowest BCUT2D eigenvalue weighted by molar-refractivity contribution is -0.0873. The fourth-order valence-electron chi connectivity index (χ4n) is 2.07. The molecule has 3 nitrogen and oxygen atoms in total. The summed E-state index contributed by atoms with van der Waals surface area (Å²) in [4.78, 5) is 0. The van der Waals surface area contributed by atoms with E-state index in [0.29, 0.717) is 6.61 Å². The van der Waals surface area contributed by atoms with E-state index in [1.807, 2.05) is 20.9 Å². The Balaban J connectivity index is 4.51. The van der Waals surface area contributed by atoms with Crippen molar-refractivity contribution < 1.29 is 9.47 Å². The van der Waals surface area contributed by atoms with Gasteiger partial charge in [0.05, 0.1) is 18.2 Å². The third kappa shape index (κ3) is 4.09. The van der Waals surface area contributed by atoms with E-state index in [9.17, 15) is 0 Å². The predicted molar refractivity (Wildman–Crippen MR) is 64.3 cm³/mol. The molecule has 0 spiro atoms. The highest BCUT2D eigenvalue weighted by atomic mass is 16.5. The molecule has 0 aliphatic carbocycles. The lowest BCUT2D eigenvalue weighted by atomic mass is 9.88. The zero-order valence-corrected chi connectivity index (χ0v) is 10.9. The van der Waals surface area contributed by atoms with Crippen molar-refractivity contribution in [3.8, 4) is 0 Å². The van der Waals surface area contributed by atoms with Crippen LogP contribution in [-0.2, 0) is 9.47 Å². The Kier molecular flexibility index (Phi) is 8.02. The smallest absolute Gasteiger partial charge is 0.0851 e. The van der Waals surface area contributed by atoms with E-state index in [-0.39, 0.29) is 11.6 Å². The Morgan fingerprint density at radius 3 is 2.00 bits per heavy atom. The van der Waals surface area contributed by atoms with E-state index in [1.165, 1.54) is 0 Å². The molecule has 92 valence electrons. The maximum atomic E-state index is 5.94. The van der Waals surface area contributed by atoms with E-state index in [2.05, 4.69) is 19.2 Å². The molecule has 0 amide bonds. The molecule has 1 N–H and O–H groups in total. The minimum atomic E-state index is -0.0847. The molecule has 0 radical (unpaired) electrons. The molecule has 0 aliphatic rings. The maximum Gasteiger partial charge on any atom is 0.0851 e. The van der Waals surface area contributed by atoms with Gasteiger partial charge in [-0.3, -0.25) is 0 Å². The summed E-state index contributed by atoms with van der Waals surface area (Å²) in [5.74, 6) is 0. The Labute approximate surface area is 94.5 Å². The zero-order chi connectivity index (χ0) is 11.7. The fraction of sp³-hybridized carbons (Fsp3) is 1.00. The van der Waals surface area contributed by atoms with Crippen LogP contribution in [0.2, 0.25) is 0 Å². The molecule has 0 saturated heterocycles. The number of likely N-dealkylation sites (N-methyl/N-ethyl adjacent to an activating group) is 1. The van der Waals surface area contributed by atoms with Gasteiger partial charge in [-0.2, -0.15) is 0 Å². The van der Waals surface area contributed by atoms with E-state index >= 15 is 0 Å². The minimum Gasteiger partial charge on any atom is -0.380 e. The summed E-state index contributed by atoms with van der Waals surface area (Å²) in [7, 11) is 1.97. The van der Waals surface area contributed by atoms with Crippen LogP contribution in [0.25, 0.3) is 0 Å². The highest BCUT2D eigenvalue weighted by molar-refractivity contribution is 4.90. The first-order valence-electron chi connectivity index (χ1n) is 6.09. The molecule has 0 saturated carbocycles. The van der Waals surface area contributed by atoms with Crippen molar-refractivity contribution in [3.63, 3.8) is 0 Å². The third-order valence-corrected chi connectivity index (χ3v) is 3.10. The molecule has 3 heteroatoms. The highest BCUT2D eigenvalue weighted by Gasteiger charge is 2.35. The number of nitrogens with one attached hydrogen (secondary N) is 1. The number of hydrogen-bond donors (Lipinski definition) is 1. The summed E-state index contributed by atoms with van der Waals surface area (Å²) in [6.45, 7) is 10.7. The standard InChI is InChI=1S/C12H27NO2/c1-6-12(7-2,15-9-4)11(13-5)10-14-8-3/h11,13H,6-10H2,1-5H3. The molecule has 0 aliphatic heterocycles. The molecule has 0 fully saturated rings. The van der Waals surface area contributed by atoms with Gasteiger partial charge in [-0.1, -0.05) is 13.8 Å². The molecular weight excluding hydrogens is 190 g/mol. The normalized spacial score (nSPS) is 14.2. The SMILES string of the molecule is CCOCC(NC)C(CC)(CC)OCC. The summed E-state index contributed by atoms with van der Waals surface area (Å²) in [5.41, 5.74) is -0.0847. The van der Waals surface area contributed by atoms with E-state index < -0.39 is 0 Å². The van der Waals surface area contributed by atoms with Gasteiger partial charge in [-0.25, -0.2) is 0 Å². The molecular formula is C12H27NO2. The van der Waals surface area contributed by atoms with Crippen LogP contribution in [0.5, 0.6) is 0 Å². The first kappa shape index (κ1) is 14.9. The van der Waals surface area contributed by atoms with Crippen LogP contribution in [0.3, 0.4) is 0 Å². The van der Waals surface area contributed by atoms with Crippen molar-refractivity contribution in [2.24, 2.45) is 0 Å². The topological polar surface area (TPSA) is 30.5 Å². The van der Waals surface area contributed by atoms with Gasteiger partial charge < -0.3 is 14.8 Å². The molecule has 0 aromatic carbocycles. The number of rotatable bonds is 9. The first-order valence-corrected chi connectivity index (χ1v) is 6.09. The van der Waals surface area contributed by atoms with Crippen LogP contribution in [0.1, 0.15) is 40.5 Å². The van der Waals surface area contributed by atoms with Crippen LogP contribution >= 0.6 is 0 Å². The second-order valence-corrected chi connectivity index (χ2v) is 3.71. The van der Waals surface area contributed by atoms with Crippen molar-refractivity contribution in [3.05, 3.63) is 0 Å². The second kappa shape index (κ2) is 8.08. The van der Waals surface area contributed by atoms with Gasteiger partial charge in [0, 0.05) is 13.2 Å². The lowest BCUT2D eigenvalue weighted by Crippen LogP contribution is -2.53. The van der Waals surface area contributed by atoms with Crippen LogP contribution in [0.4, 0.5) is 0 Å². The van der Waals surface area contributed by atoms with E-state index in [1.54, 1.807) is 0 Å². The molecule has 0 bridgehead atoms. The van der Waals surface area contributed by atoms with Gasteiger partial charge in [-0.05, 0) is 33.7 Å². The maximum absolute atomic E-state index is 5.94. The molecule has 1 atom stereocenters. The monoisotopic (exact) mass is 217 g/mol. The molecule has 0 aromatic heterocycles. The molecule has 0 heterocycles. The van der Waals surface area contributed by atoms with Crippen LogP contribution in [0, 0.1) is 0 Å².